The molecule has 0 radical (unpaired) electrons. The van der Waals surface area contributed by atoms with Gasteiger partial charge in [0, 0.05) is 25.1 Å². The maximum atomic E-state index is 13.2. The zero-order valence-corrected chi connectivity index (χ0v) is 13.0. The molecule has 2 atom stereocenters. The summed E-state index contributed by atoms with van der Waals surface area (Å²) in [6, 6.07) is 3.95. The molecule has 2 aliphatic heterocycles. The van der Waals surface area contributed by atoms with Crippen molar-refractivity contribution in [1.82, 2.24) is 4.90 Å². The minimum Gasteiger partial charge on any atom is -0.381 e. The second-order valence-corrected chi connectivity index (χ2v) is 6.23. The fourth-order valence-corrected chi connectivity index (χ4v) is 3.54. The lowest BCUT2D eigenvalue weighted by atomic mass is 9.97. The minimum atomic E-state index is -0.595. The molecule has 126 valence electrons. The number of anilines is 1. The molecule has 0 aromatic heterocycles. The molecule has 2 heterocycles. The highest BCUT2D eigenvalue weighted by atomic mass is 19.1. The van der Waals surface area contributed by atoms with E-state index in [9.17, 15) is 14.5 Å². The highest BCUT2D eigenvalue weighted by Crippen LogP contribution is 2.28. The second kappa shape index (κ2) is 7.23. The average molecular weight is 323 g/mol. The van der Waals surface area contributed by atoms with Gasteiger partial charge in [-0.1, -0.05) is 0 Å². The van der Waals surface area contributed by atoms with Crippen LogP contribution in [0.5, 0.6) is 0 Å². The first-order chi connectivity index (χ1) is 11.1. The van der Waals surface area contributed by atoms with Gasteiger partial charge in [0.05, 0.1) is 17.6 Å². The van der Waals surface area contributed by atoms with Crippen LogP contribution in [-0.2, 0) is 4.74 Å². The predicted octanol–water partition coefficient (Wildman–Crippen LogP) is 2.65. The quantitative estimate of drug-likeness (QED) is 0.644. The lowest BCUT2D eigenvalue weighted by Gasteiger charge is -2.32. The molecule has 7 heteroatoms. The van der Waals surface area contributed by atoms with Crippen molar-refractivity contribution in [1.29, 1.82) is 0 Å². The third kappa shape index (κ3) is 3.79. The summed E-state index contributed by atoms with van der Waals surface area (Å²) in [5.74, 6) is -0.150. The number of nitro groups is 1. The van der Waals surface area contributed by atoms with E-state index in [0.29, 0.717) is 24.2 Å². The Bertz CT molecular complexity index is 542. The SMILES string of the molecule is O=[N+]([O-])c1cc(F)ccc1NCC(C1CCOC1)N1CCCC1. The largest absolute Gasteiger partial charge is 0.381 e. The van der Waals surface area contributed by atoms with E-state index >= 15 is 0 Å². The van der Waals surface area contributed by atoms with E-state index in [1.165, 1.54) is 25.0 Å². The van der Waals surface area contributed by atoms with Crippen LogP contribution in [0.1, 0.15) is 19.3 Å². The number of nitro benzene ring substituents is 1. The number of rotatable bonds is 6. The summed E-state index contributed by atoms with van der Waals surface area (Å²) >= 11 is 0. The lowest BCUT2D eigenvalue weighted by Crippen LogP contribution is -2.44. The third-order valence-corrected chi connectivity index (χ3v) is 4.78. The van der Waals surface area contributed by atoms with Gasteiger partial charge < -0.3 is 10.1 Å². The van der Waals surface area contributed by atoms with Gasteiger partial charge in [0.1, 0.15) is 11.5 Å². The summed E-state index contributed by atoms with van der Waals surface area (Å²) in [6.45, 7) is 4.27. The van der Waals surface area contributed by atoms with E-state index in [4.69, 9.17) is 4.74 Å². The van der Waals surface area contributed by atoms with Crippen LogP contribution >= 0.6 is 0 Å². The highest BCUT2D eigenvalue weighted by molar-refractivity contribution is 5.61. The zero-order chi connectivity index (χ0) is 16.2. The van der Waals surface area contributed by atoms with Crippen molar-refractivity contribution in [2.45, 2.75) is 25.3 Å². The Balaban J connectivity index is 1.72. The van der Waals surface area contributed by atoms with Crippen molar-refractivity contribution >= 4 is 11.4 Å². The predicted molar refractivity (Wildman–Crippen MR) is 85.1 cm³/mol. The van der Waals surface area contributed by atoms with Crippen LogP contribution in [0.25, 0.3) is 0 Å². The van der Waals surface area contributed by atoms with Crippen LogP contribution in [0.4, 0.5) is 15.8 Å². The average Bonchev–Trinajstić information content (AvgIpc) is 3.22. The molecule has 2 fully saturated rings. The standard InChI is InChI=1S/C16H22FN3O3/c17-13-3-4-14(15(9-13)20(21)22)18-10-16(12-5-8-23-11-12)19-6-1-2-7-19/h3-4,9,12,16,18H,1-2,5-8,10-11H2. The molecule has 1 aromatic rings. The van der Waals surface area contributed by atoms with Crippen LogP contribution in [-0.4, -0.2) is 48.7 Å². The number of ether oxygens (including phenoxy) is 1. The minimum absolute atomic E-state index is 0.215. The smallest absolute Gasteiger partial charge is 0.295 e. The Kier molecular flexibility index (Phi) is 5.07. The van der Waals surface area contributed by atoms with Crippen molar-refractivity contribution in [3.8, 4) is 0 Å². The molecule has 2 saturated heterocycles. The van der Waals surface area contributed by atoms with Gasteiger partial charge in [-0.2, -0.15) is 0 Å². The monoisotopic (exact) mass is 323 g/mol. The van der Waals surface area contributed by atoms with Gasteiger partial charge in [-0.05, 0) is 44.5 Å². The molecule has 0 amide bonds. The molecule has 2 aliphatic rings. The fourth-order valence-electron chi connectivity index (χ4n) is 3.54. The van der Waals surface area contributed by atoms with Gasteiger partial charge in [-0.3, -0.25) is 15.0 Å². The van der Waals surface area contributed by atoms with Crippen molar-refractivity contribution in [2.75, 3.05) is 38.2 Å². The number of hydrogen-bond donors (Lipinski definition) is 1. The summed E-state index contributed by atoms with van der Waals surface area (Å²) < 4.78 is 18.8. The van der Waals surface area contributed by atoms with Crippen LogP contribution in [0, 0.1) is 21.8 Å². The van der Waals surface area contributed by atoms with E-state index in [1.54, 1.807) is 0 Å². The molecule has 0 bridgehead atoms. The van der Waals surface area contributed by atoms with E-state index in [-0.39, 0.29) is 5.69 Å². The summed E-state index contributed by atoms with van der Waals surface area (Å²) in [5, 5.41) is 14.3. The van der Waals surface area contributed by atoms with Gasteiger partial charge in [-0.25, -0.2) is 4.39 Å². The van der Waals surface area contributed by atoms with E-state index in [2.05, 4.69) is 10.2 Å². The fraction of sp³-hybridized carbons (Fsp3) is 0.625. The van der Waals surface area contributed by atoms with Gasteiger partial charge in [0.2, 0.25) is 0 Å². The maximum Gasteiger partial charge on any atom is 0.295 e. The molecule has 2 unspecified atom stereocenters. The van der Waals surface area contributed by atoms with Gasteiger partial charge in [0.25, 0.3) is 5.69 Å². The van der Waals surface area contributed by atoms with Crippen LogP contribution in [0.2, 0.25) is 0 Å². The first-order valence-electron chi connectivity index (χ1n) is 8.15. The van der Waals surface area contributed by atoms with Crippen LogP contribution in [0.15, 0.2) is 18.2 Å². The van der Waals surface area contributed by atoms with E-state index < -0.39 is 10.7 Å². The third-order valence-electron chi connectivity index (χ3n) is 4.78. The van der Waals surface area contributed by atoms with Crippen molar-refractivity contribution in [3.63, 3.8) is 0 Å². The topological polar surface area (TPSA) is 67.6 Å². The van der Waals surface area contributed by atoms with Crippen LogP contribution < -0.4 is 5.32 Å². The number of nitrogens with one attached hydrogen (secondary N) is 1. The van der Waals surface area contributed by atoms with Gasteiger partial charge in [0.15, 0.2) is 0 Å². The summed E-state index contributed by atoms with van der Waals surface area (Å²) in [7, 11) is 0. The molecule has 23 heavy (non-hydrogen) atoms. The molecule has 1 N–H and O–H groups in total. The molecule has 3 rings (SSSR count). The summed E-state index contributed by atoms with van der Waals surface area (Å²) in [6.07, 6.45) is 3.41. The summed E-state index contributed by atoms with van der Waals surface area (Å²) in [5.41, 5.74) is 0.160. The summed E-state index contributed by atoms with van der Waals surface area (Å²) in [4.78, 5) is 13.0. The zero-order valence-electron chi connectivity index (χ0n) is 13.0. The Morgan fingerprint density at radius 3 is 2.87 bits per heavy atom. The number of halogens is 1. The maximum absolute atomic E-state index is 13.2. The molecule has 1 aromatic carbocycles. The Labute approximate surface area is 134 Å². The highest BCUT2D eigenvalue weighted by Gasteiger charge is 2.32. The van der Waals surface area contributed by atoms with Crippen molar-refractivity contribution < 1.29 is 14.1 Å². The molecular formula is C16H22FN3O3. The molecule has 0 aliphatic carbocycles. The van der Waals surface area contributed by atoms with Crippen molar-refractivity contribution in [3.05, 3.63) is 34.1 Å². The van der Waals surface area contributed by atoms with Crippen molar-refractivity contribution in [2.24, 2.45) is 5.92 Å². The van der Waals surface area contributed by atoms with E-state index in [1.807, 2.05) is 0 Å². The molecule has 0 spiro atoms. The lowest BCUT2D eigenvalue weighted by molar-refractivity contribution is -0.384. The second-order valence-electron chi connectivity index (χ2n) is 6.23. The van der Waals surface area contributed by atoms with Crippen LogP contribution in [0.3, 0.4) is 0 Å². The molecule has 0 saturated carbocycles. The number of nitrogens with zero attached hydrogens (tertiary/aromatic N) is 2. The Morgan fingerprint density at radius 2 is 2.22 bits per heavy atom. The number of hydrogen-bond acceptors (Lipinski definition) is 5. The first kappa shape index (κ1) is 16.1. The van der Waals surface area contributed by atoms with Gasteiger partial charge >= 0.3 is 0 Å². The normalized spacial score (nSPS) is 23.1. The van der Waals surface area contributed by atoms with Gasteiger partial charge in [-0.15, -0.1) is 0 Å². The Morgan fingerprint density at radius 1 is 1.43 bits per heavy atom. The molecular weight excluding hydrogens is 301 g/mol. The van der Waals surface area contributed by atoms with E-state index in [0.717, 1.165) is 38.8 Å². The Hall–Kier alpha value is -1.73. The number of likely N-dealkylation sites (tertiary alicyclic amines) is 1. The molecule has 6 nitrogen and oxygen atoms in total. The first-order valence-corrected chi connectivity index (χ1v) is 8.15. The number of benzene rings is 1.